The molecule has 10 nitrogen and oxygen atoms in total. The predicted octanol–water partition coefficient (Wildman–Crippen LogP) is 3.47. The van der Waals surface area contributed by atoms with E-state index in [1.807, 2.05) is 18.2 Å². The van der Waals surface area contributed by atoms with Crippen molar-refractivity contribution in [3.8, 4) is 34.5 Å². The molecule has 0 saturated carbocycles. The molecule has 1 aliphatic rings. The molecule has 1 fully saturated rings. The van der Waals surface area contributed by atoms with E-state index in [0.29, 0.717) is 40.1 Å². The molecule has 2 atom stereocenters. The summed E-state index contributed by atoms with van der Waals surface area (Å²) in [5, 5.41) is 0. The van der Waals surface area contributed by atoms with Crippen LogP contribution < -0.4 is 28.4 Å². The number of benzene rings is 2. The molecule has 0 aliphatic carbocycles. The molecule has 0 spiro atoms. The first-order valence-electron chi connectivity index (χ1n) is 10.1. The van der Waals surface area contributed by atoms with E-state index >= 15 is 0 Å². The molecule has 0 radical (unpaired) electrons. The molecule has 2 aromatic carbocycles. The molecule has 1 aliphatic heterocycles. The van der Waals surface area contributed by atoms with Crippen molar-refractivity contribution in [1.29, 1.82) is 0 Å². The zero-order chi connectivity index (χ0) is 23.8. The Bertz CT molecular complexity index is 891. The molecular weight excluding hydrogens is 436 g/mol. The second-order valence-electron chi connectivity index (χ2n) is 6.87. The standard InChI is InChI=1S/C23H30O10/c1-24-11-30-21-15(7-8-16(26-3)23(21)31-12-25-2)20-19(32-13-33-20)14-9-17(27-4)22(29-6)18(10-14)28-5/h7-10,19-20H,11-13H2,1-6H3/t19-,20-/m0/s1. The zero-order valence-electron chi connectivity index (χ0n) is 19.7. The fraction of sp³-hybridized carbons (Fsp3) is 0.478. The second-order valence-corrected chi connectivity index (χ2v) is 6.87. The number of rotatable bonds is 12. The minimum Gasteiger partial charge on any atom is -0.493 e. The molecule has 0 bridgehead atoms. The van der Waals surface area contributed by atoms with Gasteiger partial charge < -0.3 is 47.4 Å². The van der Waals surface area contributed by atoms with Gasteiger partial charge in [-0.2, -0.15) is 0 Å². The highest BCUT2D eigenvalue weighted by molar-refractivity contribution is 5.58. The maximum Gasteiger partial charge on any atom is 0.206 e. The minimum absolute atomic E-state index is 0.00147. The van der Waals surface area contributed by atoms with E-state index in [9.17, 15) is 0 Å². The van der Waals surface area contributed by atoms with Crippen molar-refractivity contribution in [2.75, 3.05) is 63.0 Å². The van der Waals surface area contributed by atoms with Crippen molar-refractivity contribution in [3.63, 3.8) is 0 Å². The van der Waals surface area contributed by atoms with E-state index in [4.69, 9.17) is 47.4 Å². The smallest absolute Gasteiger partial charge is 0.206 e. The molecule has 0 unspecified atom stereocenters. The van der Waals surface area contributed by atoms with E-state index in [2.05, 4.69) is 0 Å². The summed E-state index contributed by atoms with van der Waals surface area (Å²) in [4.78, 5) is 0. The van der Waals surface area contributed by atoms with E-state index in [1.165, 1.54) is 14.2 Å². The lowest BCUT2D eigenvalue weighted by Crippen LogP contribution is -2.13. The maximum atomic E-state index is 5.98. The Balaban J connectivity index is 2.08. The third-order valence-corrected chi connectivity index (χ3v) is 5.06. The fourth-order valence-electron chi connectivity index (χ4n) is 3.62. The molecule has 10 heteroatoms. The molecule has 0 N–H and O–H groups in total. The van der Waals surface area contributed by atoms with Gasteiger partial charge in [0, 0.05) is 19.8 Å². The van der Waals surface area contributed by atoms with Crippen molar-refractivity contribution in [1.82, 2.24) is 0 Å². The van der Waals surface area contributed by atoms with Crippen LogP contribution >= 0.6 is 0 Å². The average Bonchev–Trinajstić information content (AvgIpc) is 3.34. The molecular formula is C23H30O10. The highest BCUT2D eigenvalue weighted by Crippen LogP contribution is 2.51. The van der Waals surface area contributed by atoms with Gasteiger partial charge in [-0.05, 0) is 29.8 Å². The van der Waals surface area contributed by atoms with Crippen LogP contribution in [0.25, 0.3) is 0 Å². The van der Waals surface area contributed by atoms with Gasteiger partial charge in [-0.15, -0.1) is 0 Å². The van der Waals surface area contributed by atoms with Crippen LogP contribution in [0.2, 0.25) is 0 Å². The maximum absolute atomic E-state index is 5.98. The second kappa shape index (κ2) is 11.8. The highest BCUT2D eigenvalue weighted by Gasteiger charge is 2.37. The zero-order valence-corrected chi connectivity index (χ0v) is 19.7. The van der Waals surface area contributed by atoms with Crippen molar-refractivity contribution >= 4 is 0 Å². The highest BCUT2D eigenvalue weighted by atomic mass is 16.7. The summed E-state index contributed by atoms with van der Waals surface area (Å²) in [6.07, 6.45) is -1.03. The monoisotopic (exact) mass is 466 g/mol. The van der Waals surface area contributed by atoms with Crippen molar-refractivity contribution < 1.29 is 47.4 Å². The molecule has 2 aromatic rings. The molecule has 33 heavy (non-hydrogen) atoms. The summed E-state index contributed by atoms with van der Waals surface area (Å²) >= 11 is 0. The summed E-state index contributed by atoms with van der Waals surface area (Å²) in [6.45, 7) is 0.0728. The van der Waals surface area contributed by atoms with Gasteiger partial charge in [0.15, 0.2) is 36.6 Å². The van der Waals surface area contributed by atoms with Gasteiger partial charge in [-0.25, -0.2) is 0 Å². The normalized spacial score (nSPS) is 17.5. The summed E-state index contributed by atoms with van der Waals surface area (Å²) in [5.74, 6) is 2.76. The Hall–Kier alpha value is -2.92. The largest absolute Gasteiger partial charge is 0.493 e. The van der Waals surface area contributed by atoms with Crippen LogP contribution in [0.15, 0.2) is 24.3 Å². The Labute approximate surface area is 193 Å². The van der Waals surface area contributed by atoms with E-state index in [0.717, 1.165) is 5.56 Å². The summed E-state index contributed by atoms with van der Waals surface area (Å²) < 4.78 is 55.7. The van der Waals surface area contributed by atoms with Gasteiger partial charge in [0.1, 0.15) is 19.0 Å². The predicted molar refractivity (Wildman–Crippen MR) is 117 cm³/mol. The molecule has 1 saturated heterocycles. The van der Waals surface area contributed by atoms with E-state index in [-0.39, 0.29) is 20.4 Å². The Morgan fingerprint density at radius 3 is 1.79 bits per heavy atom. The van der Waals surface area contributed by atoms with Crippen molar-refractivity contribution in [3.05, 3.63) is 35.4 Å². The van der Waals surface area contributed by atoms with E-state index < -0.39 is 12.2 Å². The Kier molecular flexibility index (Phi) is 8.84. The van der Waals surface area contributed by atoms with Gasteiger partial charge in [-0.1, -0.05) is 0 Å². The topological polar surface area (TPSA) is 92.3 Å². The summed E-state index contributed by atoms with van der Waals surface area (Å²) in [6, 6.07) is 7.27. The molecule has 182 valence electrons. The van der Waals surface area contributed by atoms with Gasteiger partial charge in [0.05, 0.1) is 28.4 Å². The first kappa shape index (κ1) is 24.7. The lowest BCUT2D eigenvalue weighted by atomic mass is 9.96. The quantitative estimate of drug-likeness (QED) is 0.433. The number of ether oxygens (including phenoxy) is 10. The van der Waals surface area contributed by atoms with Gasteiger partial charge in [0.2, 0.25) is 11.5 Å². The molecule has 3 rings (SSSR count). The molecule has 0 amide bonds. The van der Waals surface area contributed by atoms with Crippen molar-refractivity contribution in [2.45, 2.75) is 12.2 Å². The lowest BCUT2D eigenvalue weighted by molar-refractivity contribution is 0.0251. The Morgan fingerprint density at radius 2 is 1.24 bits per heavy atom. The average molecular weight is 466 g/mol. The third kappa shape index (κ3) is 5.19. The van der Waals surface area contributed by atoms with Crippen LogP contribution in [0, 0.1) is 0 Å². The minimum atomic E-state index is -0.532. The van der Waals surface area contributed by atoms with E-state index in [1.54, 1.807) is 34.5 Å². The molecule has 1 heterocycles. The van der Waals surface area contributed by atoms with Crippen LogP contribution in [-0.4, -0.2) is 63.0 Å². The van der Waals surface area contributed by atoms with Crippen LogP contribution in [0.5, 0.6) is 34.5 Å². The number of hydrogen-bond acceptors (Lipinski definition) is 10. The number of methoxy groups -OCH3 is 6. The Morgan fingerprint density at radius 1 is 0.667 bits per heavy atom. The summed E-state index contributed by atoms with van der Waals surface area (Å²) in [5.41, 5.74) is 1.47. The van der Waals surface area contributed by atoms with Crippen LogP contribution in [-0.2, 0) is 18.9 Å². The first-order chi connectivity index (χ1) is 16.1. The first-order valence-corrected chi connectivity index (χ1v) is 10.1. The van der Waals surface area contributed by atoms with Crippen molar-refractivity contribution in [2.24, 2.45) is 0 Å². The van der Waals surface area contributed by atoms with Gasteiger partial charge in [-0.3, -0.25) is 0 Å². The van der Waals surface area contributed by atoms with Crippen LogP contribution in [0.4, 0.5) is 0 Å². The van der Waals surface area contributed by atoms with Crippen LogP contribution in [0.1, 0.15) is 23.3 Å². The number of hydrogen-bond donors (Lipinski definition) is 0. The summed E-state index contributed by atoms with van der Waals surface area (Å²) in [7, 11) is 9.27. The van der Waals surface area contributed by atoms with Crippen LogP contribution in [0.3, 0.4) is 0 Å². The molecule has 0 aromatic heterocycles. The SMILES string of the molecule is COCOc1c(OC)ccc([C@@H]2OCO[C@H]2c2cc(OC)c(OC)c(OC)c2)c1OCOC. The lowest BCUT2D eigenvalue weighted by Gasteiger charge is -2.24. The third-order valence-electron chi connectivity index (χ3n) is 5.06. The fourth-order valence-corrected chi connectivity index (χ4v) is 3.62. The van der Waals surface area contributed by atoms with Gasteiger partial charge >= 0.3 is 0 Å². The van der Waals surface area contributed by atoms with Gasteiger partial charge in [0.25, 0.3) is 0 Å².